The first-order valence-electron chi connectivity index (χ1n) is 22.0. The van der Waals surface area contributed by atoms with Gasteiger partial charge in [-0.3, -0.25) is 4.79 Å². The minimum Gasteiger partial charge on any atom is -0.493 e. The van der Waals surface area contributed by atoms with Crippen molar-refractivity contribution in [3.8, 4) is 51.7 Å². The van der Waals surface area contributed by atoms with Gasteiger partial charge in [-0.1, -0.05) is 62.3 Å². The zero-order valence-corrected chi connectivity index (χ0v) is 38.4. The van der Waals surface area contributed by atoms with Gasteiger partial charge in [0.1, 0.15) is 66.4 Å². The number of hydrogen-bond acceptors (Lipinski definition) is 11. The van der Waals surface area contributed by atoms with Crippen LogP contribution in [0.4, 0.5) is 0 Å². The van der Waals surface area contributed by atoms with E-state index in [2.05, 4.69) is 20.8 Å². The molecule has 0 aliphatic heterocycles. The molecule has 0 saturated carbocycles. The summed E-state index contributed by atoms with van der Waals surface area (Å²) in [5, 5.41) is 0. The van der Waals surface area contributed by atoms with Crippen molar-refractivity contribution in [1.29, 1.82) is 0 Å². The summed E-state index contributed by atoms with van der Waals surface area (Å²) in [6.07, 6.45) is 6.64. The molecular weight excluding hydrogens is 773 g/mol. The van der Waals surface area contributed by atoms with Gasteiger partial charge >= 0.3 is 5.97 Å². The van der Waals surface area contributed by atoms with Crippen LogP contribution in [0.3, 0.4) is 0 Å². The van der Waals surface area contributed by atoms with Gasteiger partial charge in [0.15, 0.2) is 0 Å². The highest BCUT2D eigenvalue weighted by Gasteiger charge is 2.49. The molecule has 0 aliphatic rings. The van der Waals surface area contributed by atoms with Crippen molar-refractivity contribution in [2.75, 3.05) is 59.5 Å². The van der Waals surface area contributed by atoms with Crippen LogP contribution in [0.2, 0.25) is 0 Å². The lowest BCUT2D eigenvalue weighted by Gasteiger charge is -2.43. The first-order valence-corrected chi connectivity index (χ1v) is 23.5. The summed E-state index contributed by atoms with van der Waals surface area (Å²) in [4.78, 5) is 15.7. The molecule has 0 aliphatic carbocycles. The van der Waals surface area contributed by atoms with E-state index in [4.69, 9.17) is 46.8 Å². The largest absolute Gasteiger partial charge is 0.493 e. The number of carbonyl (C=O) groups is 1. The SMILES string of the molecule is CCCOc1cc(OCCC)c(S(OC(C)=O)(c2c(OCCC)cc(OCCC)cc2OCCC)c2c(OCCC)cc(OCCC)cc2OCCC)c(OCCC)c1. The van der Waals surface area contributed by atoms with E-state index in [0.29, 0.717) is 164 Å². The third kappa shape index (κ3) is 13.6. The van der Waals surface area contributed by atoms with E-state index in [0.717, 1.165) is 19.3 Å². The predicted molar refractivity (Wildman–Crippen MR) is 236 cm³/mol. The molecule has 3 rings (SSSR count). The van der Waals surface area contributed by atoms with Crippen LogP contribution in [0.25, 0.3) is 0 Å². The van der Waals surface area contributed by atoms with Crippen LogP contribution in [-0.4, -0.2) is 65.4 Å². The van der Waals surface area contributed by atoms with Crippen molar-refractivity contribution < 1.29 is 51.6 Å². The van der Waals surface area contributed by atoms with Crippen molar-refractivity contribution in [3.63, 3.8) is 0 Å². The fraction of sp³-hybridized carbons (Fsp3) is 0.596. The summed E-state index contributed by atoms with van der Waals surface area (Å²) >= 11 is 0. The van der Waals surface area contributed by atoms with E-state index in [1.165, 1.54) is 6.92 Å². The van der Waals surface area contributed by atoms with Crippen LogP contribution < -0.4 is 42.6 Å². The Bertz CT molecular complexity index is 1430. The van der Waals surface area contributed by atoms with E-state index in [1.54, 1.807) is 0 Å². The van der Waals surface area contributed by atoms with Gasteiger partial charge in [-0.15, -0.1) is 0 Å². The topological polar surface area (TPSA) is 109 Å². The molecule has 0 radical (unpaired) electrons. The minimum atomic E-state index is -3.48. The Morgan fingerprint density at radius 2 is 0.542 bits per heavy atom. The second kappa shape index (κ2) is 26.7. The van der Waals surface area contributed by atoms with Gasteiger partial charge in [0, 0.05) is 53.6 Å². The molecule has 0 bridgehead atoms. The molecule has 0 fully saturated rings. The normalized spacial score (nSPS) is 11.4. The van der Waals surface area contributed by atoms with Crippen molar-refractivity contribution in [2.45, 2.75) is 142 Å². The molecule has 0 aromatic heterocycles. The van der Waals surface area contributed by atoms with E-state index in [-0.39, 0.29) is 0 Å². The summed E-state index contributed by atoms with van der Waals surface area (Å²) in [5.74, 6) is 3.66. The van der Waals surface area contributed by atoms with Gasteiger partial charge < -0.3 is 46.8 Å². The first kappa shape index (κ1) is 49.0. The van der Waals surface area contributed by atoms with Crippen molar-refractivity contribution >= 4 is 16.3 Å². The maximum atomic E-state index is 14.2. The minimum absolute atomic E-state index is 0.359. The molecule has 3 aromatic carbocycles. The fourth-order valence-electron chi connectivity index (χ4n) is 5.94. The summed E-state index contributed by atoms with van der Waals surface area (Å²) in [5.41, 5.74) is 0. The number of hydrogen-bond donors (Lipinski definition) is 0. The van der Waals surface area contributed by atoms with Gasteiger partial charge in [-0.05, 0) is 57.8 Å². The lowest BCUT2D eigenvalue weighted by atomic mass is 10.2. The molecule has 0 heterocycles. The zero-order chi connectivity index (χ0) is 43.0. The lowest BCUT2D eigenvalue weighted by Crippen LogP contribution is -2.19. The molecule has 0 spiro atoms. The molecule has 0 unspecified atom stereocenters. The smallest absolute Gasteiger partial charge is 0.313 e. The van der Waals surface area contributed by atoms with Gasteiger partial charge in [0.2, 0.25) is 0 Å². The molecule has 59 heavy (non-hydrogen) atoms. The van der Waals surface area contributed by atoms with Crippen LogP contribution in [0.15, 0.2) is 51.1 Å². The summed E-state index contributed by atoms with van der Waals surface area (Å²) < 4.78 is 66.5. The average Bonchev–Trinajstić information content (AvgIpc) is 3.23. The molecule has 0 atom stereocenters. The second-order valence-corrected chi connectivity index (χ2v) is 16.5. The lowest BCUT2D eigenvalue weighted by molar-refractivity contribution is -0.131. The van der Waals surface area contributed by atoms with Gasteiger partial charge in [-0.2, -0.15) is 0 Å². The predicted octanol–water partition coefficient (Wildman–Crippen LogP) is 12.5. The Kier molecular flexibility index (Phi) is 22.2. The number of ether oxygens (including phenoxy) is 9. The Morgan fingerprint density at radius 1 is 0.356 bits per heavy atom. The maximum Gasteiger partial charge on any atom is 0.313 e. The molecule has 0 amide bonds. The third-order valence-electron chi connectivity index (χ3n) is 8.28. The molecule has 332 valence electrons. The van der Waals surface area contributed by atoms with Crippen LogP contribution in [0.5, 0.6) is 51.7 Å². The molecule has 12 heteroatoms. The van der Waals surface area contributed by atoms with Crippen molar-refractivity contribution in [3.05, 3.63) is 36.4 Å². The van der Waals surface area contributed by atoms with Crippen LogP contribution in [0, 0.1) is 0 Å². The number of carbonyl (C=O) groups excluding carboxylic acids is 1. The highest BCUT2D eigenvalue weighted by Crippen LogP contribution is 2.80. The highest BCUT2D eigenvalue weighted by atomic mass is 32.3. The first-order chi connectivity index (χ1) is 28.7. The van der Waals surface area contributed by atoms with Crippen LogP contribution in [0.1, 0.15) is 127 Å². The number of benzene rings is 3. The molecule has 11 nitrogen and oxygen atoms in total. The molecule has 0 N–H and O–H groups in total. The van der Waals surface area contributed by atoms with Gasteiger partial charge in [-0.25, -0.2) is 0 Å². The molecular formula is C47H72O11S. The Morgan fingerprint density at radius 3 is 0.712 bits per heavy atom. The maximum absolute atomic E-state index is 14.2. The average molecular weight is 845 g/mol. The summed E-state index contributed by atoms with van der Waals surface area (Å²) in [6, 6.07) is 11.2. The Hall–Kier alpha value is -4.32. The monoisotopic (exact) mass is 844 g/mol. The summed E-state index contributed by atoms with van der Waals surface area (Å²) in [7, 11) is -3.48. The molecule has 0 saturated heterocycles. The quantitative estimate of drug-likeness (QED) is 0.0617. The number of rotatable bonds is 31. The Balaban J connectivity index is 2.91. The zero-order valence-electron chi connectivity index (χ0n) is 37.6. The summed E-state index contributed by atoms with van der Waals surface area (Å²) in [6.45, 7) is 23.4. The highest BCUT2D eigenvalue weighted by molar-refractivity contribution is 8.30. The van der Waals surface area contributed by atoms with Crippen LogP contribution >= 0.6 is 10.3 Å². The fourth-order valence-corrected chi connectivity index (χ4v) is 9.56. The van der Waals surface area contributed by atoms with Crippen molar-refractivity contribution in [1.82, 2.24) is 0 Å². The standard InChI is InChI=1S/C47H72O11S/c1-11-20-49-36-29-39(52-23-14-4)45(40(30-36)53-24-15-5)59(58-35(10)48,46-41(54-25-16-6)31-37(50-21-12-2)32-42(46)55-26-17-7)47-43(56-27-18-8)33-38(51-22-13-3)34-44(47)57-28-19-9/h29-34H,11-28H2,1-10H3. The van der Waals surface area contributed by atoms with Gasteiger partial charge in [0.05, 0.1) is 59.5 Å². The third-order valence-corrected chi connectivity index (χ3v) is 11.7. The van der Waals surface area contributed by atoms with E-state index < -0.39 is 16.3 Å². The van der Waals surface area contributed by atoms with E-state index >= 15 is 0 Å². The van der Waals surface area contributed by atoms with Crippen LogP contribution in [-0.2, 0) is 8.98 Å². The Labute approximate surface area is 356 Å². The molecule has 3 aromatic rings. The van der Waals surface area contributed by atoms with E-state index in [9.17, 15) is 4.79 Å². The van der Waals surface area contributed by atoms with Gasteiger partial charge in [0.25, 0.3) is 0 Å². The van der Waals surface area contributed by atoms with Crippen molar-refractivity contribution in [2.24, 2.45) is 0 Å². The second-order valence-electron chi connectivity index (χ2n) is 14.0. The van der Waals surface area contributed by atoms with E-state index in [1.807, 2.05) is 77.9 Å².